The van der Waals surface area contributed by atoms with Crippen LogP contribution in [0.3, 0.4) is 0 Å². The van der Waals surface area contributed by atoms with Crippen molar-refractivity contribution in [2.45, 2.75) is 6.92 Å². The summed E-state index contributed by atoms with van der Waals surface area (Å²) in [5, 5.41) is 10.0. The van der Waals surface area contributed by atoms with Crippen molar-refractivity contribution in [1.29, 1.82) is 0 Å². The van der Waals surface area contributed by atoms with Crippen molar-refractivity contribution >= 4 is 34.8 Å². The number of hydrogen-bond acceptors (Lipinski definition) is 3. The average Bonchev–Trinajstić information content (AvgIpc) is 2.75. The fourth-order valence-electron chi connectivity index (χ4n) is 1.50. The largest absolute Gasteiger partial charge is 0.507 e. The highest BCUT2D eigenvalue weighted by Crippen LogP contribution is 2.23. The number of halogens is 1. The third kappa shape index (κ3) is 3.00. The molecule has 92 valence electrons. The maximum atomic E-state index is 11.9. The van der Waals surface area contributed by atoms with Crippen molar-refractivity contribution in [2.75, 3.05) is 0 Å². The van der Waals surface area contributed by atoms with Crippen molar-refractivity contribution in [1.82, 2.24) is 0 Å². The number of benzene rings is 1. The normalized spacial score (nSPS) is 11.0. The fourth-order valence-corrected chi connectivity index (χ4v) is 2.45. The van der Waals surface area contributed by atoms with Crippen LogP contribution in [-0.2, 0) is 0 Å². The first-order chi connectivity index (χ1) is 8.56. The minimum atomic E-state index is -0.263. The van der Waals surface area contributed by atoms with Crippen molar-refractivity contribution in [2.24, 2.45) is 0 Å². The molecule has 0 unspecified atom stereocenters. The highest BCUT2D eigenvalue weighted by atomic mass is 35.5. The van der Waals surface area contributed by atoms with Gasteiger partial charge in [-0.1, -0.05) is 11.6 Å². The van der Waals surface area contributed by atoms with Gasteiger partial charge in [-0.2, -0.15) is 0 Å². The molecule has 1 N–H and O–H groups in total. The Morgan fingerprint density at radius 2 is 2.11 bits per heavy atom. The molecule has 1 aromatic heterocycles. The van der Waals surface area contributed by atoms with E-state index in [1.54, 1.807) is 23.5 Å². The van der Waals surface area contributed by atoms with E-state index in [0.717, 1.165) is 4.88 Å². The van der Waals surface area contributed by atoms with Gasteiger partial charge in [-0.05, 0) is 49.4 Å². The third-order valence-corrected chi connectivity index (χ3v) is 3.59. The van der Waals surface area contributed by atoms with E-state index in [9.17, 15) is 9.90 Å². The number of phenols is 1. The molecule has 0 fully saturated rings. The van der Waals surface area contributed by atoms with Crippen LogP contribution in [0.5, 0.6) is 5.75 Å². The van der Waals surface area contributed by atoms with E-state index in [1.807, 2.05) is 19.1 Å². The number of carbonyl (C=O) groups is 1. The van der Waals surface area contributed by atoms with Gasteiger partial charge in [0.2, 0.25) is 0 Å². The monoisotopic (exact) mass is 278 g/mol. The highest BCUT2D eigenvalue weighted by Gasteiger charge is 2.08. The molecule has 4 heteroatoms. The summed E-state index contributed by atoms with van der Waals surface area (Å²) in [6.45, 7) is 2.01. The number of thiophene rings is 1. The molecule has 0 atom stereocenters. The Morgan fingerprint density at radius 1 is 1.33 bits per heavy atom. The molecular weight excluding hydrogens is 268 g/mol. The Kier molecular flexibility index (Phi) is 3.84. The summed E-state index contributed by atoms with van der Waals surface area (Å²) in [5.41, 5.74) is 0.215. The number of carbonyl (C=O) groups excluding carboxylic acids is 1. The fraction of sp³-hybridized carbons (Fsp3) is 0.0714. The summed E-state index contributed by atoms with van der Waals surface area (Å²) in [4.78, 5) is 14.1. The number of aromatic hydroxyl groups is 1. The summed E-state index contributed by atoms with van der Waals surface area (Å²) >= 11 is 7.40. The number of hydrogen-bond donors (Lipinski definition) is 1. The van der Waals surface area contributed by atoms with Gasteiger partial charge in [0.1, 0.15) is 5.75 Å². The minimum absolute atomic E-state index is 0.0589. The Labute approximate surface area is 114 Å². The quantitative estimate of drug-likeness (QED) is 0.671. The van der Waals surface area contributed by atoms with Gasteiger partial charge in [-0.25, -0.2) is 0 Å². The van der Waals surface area contributed by atoms with E-state index in [1.165, 1.54) is 23.1 Å². The molecule has 18 heavy (non-hydrogen) atoms. The summed E-state index contributed by atoms with van der Waals surface area (Å²) < 4.78 is 0. The van der Waals surface area contributed by atoms with Gasteiger partial charge in [0, 0.05) is 14.8 Å². The SMILES string of the molecule is Cc1ccc(/C=C/C(=O)c2cc(Cl)ccc2O)s1. The third-order valence-electron chi connectivity index (χ3n) is 2.38. The second-order valence-electron chi connectivity index (χ2n) is 3.81. The van der Waals surface area contributed by atoms with Crippen LogP contribution >= 0.6 is 22.9 Å². The topological polar surface area (TPSA) is 37.3 Å². The molecule has 0 radical (unpaired) electrons. The smallest absolute Gasteiger partial charge is 0.189 e. The number of allylic oxidation sites excluding steroid dienone is 1. The molecular formula is C14H11ClO2S. The average molecular weight is 279 g/mol. The van der Waals surface area contributed by atoms with Crippen molar-refractivity contribution in [3.8, 4) is 5.75 Å². The van der Waals surface area contributed by atoms with Crippen LogP contribution in [0.4, 0.5) is 0 Å². The molecule has 1 aromatic carbocycles. The van der Waals surface area contributed by atoms with Gasteiger partial charge in [-0.15, -0.1) is 11.3 Å². The van der Waals surface area contributed by atoms with Gasteiger partial charge in [0.05, 0.1) is 5.56 Å². The van der Waals surface area contributed by atoms with Crippen LogP contribution in [0.15, 0.2) is 36.4 Å². The standard InChI is InChI=1S/C14H11ClO2S/c1-9-2-4-11(18-9)5-7-14(17)12-8-10(15)3-6-13(12)16/h2-8,16H,1H3/b7-5+. The summed E-state index contributed by atoms with van der Waals surface area (Å²) in [6.07, 6.45) is 3.18. The maximum absolute atomic E-state index is 11.9. The van der Waals surface area contributed by atoms with Crippen LogP contribution < -0.4 is 0 Å². The Balaban J connectivity index is 2.22. The molecule has 0 amide bonds. The molecule has 0 spiro atoms. The minimum Gasteiger partial charge on any atom is -0.507 e. The number of rotatable bonds is 3. The molecule has 0 bridgehead atoms. The number of phenolic OH excluding ortho intramolecular Hbond substituents is 1. The van der Waals surface area contributed by atoms with Gasteiger partial charge < -0.3 is 5.11 Å². The van der Waals surface area contributed by atoms with E-state index < -0.39 is 0 Å². The molecule has 1 heterocycles. The zero-order valence-corrected chi connectivity index (χ0v) is 11.3. The molecule has 0 aliphatic carbocycles. The molecule has 2 rings (SSSR count). The van der Waals surface area contributed by atoms with E-state index in [4.69, 9.17) is 11.6 Å². The molecule has 0 aliphatic heterocycles. The van der Waals surface area contributed by atoms with Gasteiger partial charge in [0.25, 0.3) is 0 Å². The molecule has 0 saturated carbocycles. The lowest BCUT2D eigenvalue weighted by atomic mass is 10.1. The van der Waals surface area contributed by atoms with Crippen LogP contribution in [-0.4, -0.2) is 10.9 Å². The number of ketones is 1. The van der Waals surface area contributed by atoms with Crippen LogP contribution in [0.2, 0.25) is 5.02 Å². The lowest BCUT2D eigenvalue weighted by molar-refractivity contribution is 0.104. The van der Waals surface area contributed by atoms with Crippen LogP contribution in [0.25, 0.3) is 6.08 Å². The van der Waals surface area contributed by atoms with Crippen LogP contribution in [0, 0.1) is 6.92 Å². The molecule has 0 saturated heterocycles. The Hall–Kier alpha value is -1.58. The van der Waals surface area contributed by atoms with E-state index in [2.05, 4.69) is 0 Å². The van der Waals surface area contributed by atoms with Gasteiger partial charge in [-0.3, -0.25) is 4.79 Å². The second kappa shape index (κ2) is 5.38. The first kappa shape index (κ1) is 12.9. The zero-order chi connectivity index (χ0) is 13.1. The van der Waals surface area contributed by atoms with Gasteiger partial charge >= 0.3 is 0 Å². The van der Waals surface area contributed by atoms with Crippen molar-refractivity contribution in [3.63, 3.8) is 0 Å². The zero-order valence-electron chi connectivity index (χ0n) is 9.68. The lowest BCUT2D eigenvalue weighted by Crippen LogP contribution is -1.94. The lowest BCUT2D eigenvalue weighted by Gasteiger charge is -2.00. The number of aryl methyl sites for hydroxylation is 1. The molecule has 0 aliphatic rings. The van der Waals surface area contributed by atoms with E-state index in [-0.39, 0.29) is 17.1 Å². The first-order valence-electron chi connectivity index (χ1n) is 5.33. The van der Waals surface area contributed by atoms with Crippen molar-refractivity contribution < 1.29 is 9.90 Å². The van der Waals surface area contributed by atoms with Crippen LogP contribution in [0.1, 0.15) is 20.1 Å². The summed E-state index contributed by atoms with van der Waals surface area (Å²) in [5.74, 6) is -0.322. The molecule has 2 nitrogen and oxygen atoms in total. The van der Waals surface area contributed by atoms with E-state index >= 15 is 0 Å². The first-order valence-corrected chi connectivity index (χ1v) is 6.53. The Bertz CT molecular complexity index is 614. The Morgan fingerprint density at radius 3 is 2.78 bits per heavy atom. The maximum Gasteiger partial charge on any atom is 0.189 e. The molecule has 2 aromatic rings. The van der Waals surface area contributed by atoms with Gasteiger partial charge in [0.15, 0.2) is 5.78 Å². The predicted octanol–water partition coefficient (Wildman–Crippen LogP) is 4.31. The summed E-state index contributed by atoms with van der Waals surface area (Å²) in [6, 6.07) is 8.36. The predicted molar refractivity (Wildman–Crippen MR) is 75.5 cm³/mol. The highest BCUT2D eigenvalue weighted by molar-refractivity contribution is 7.12. The summed E-state index contributed by atoms with van der Waals surface area (Å²) in [7, 11) is 0. The van der Waals surface area contributed by atoms with E-state index in [0.29, 0.717) is 5.02 Å². The second-order valence-corrected chi connectivity index (χ2v) is 5.56. The van der Waals surface area contributed by atoms with Crippen molar-refractivity contribution in [3.05, 3.63) is 56.7 Å².